The van der Waals surface area contributed by atoms with Crippen molar-refractivity contribution in [1.82, 2.24) is 24.5 Å². The number of piperidine rings is 2. The van der Waals surface area contributed by atoms with E-state index in [0.717, 1.165) is 81.4 Å². The topological polar surface area (TPSA) is 123 Å². The highest BCUT2D eigenvalue weighted by atomic mass is 35.5. The lowest BCUT2D eigenvalue weighted by Gasteiger charge is -2.47. The van der Waals surface area contributed by atoms with Gasteiger partial charge in [-0.2, -0.15) is 11.8 Å². The second-order valence-electron chi connectivity index (χ2n) is 14.2. The van der Waals surface area contributed by atoms with E-state index in [0.29, 0.717) is 30.9 Å². The summed E-state index contributed by atoms with van der Waals surface area (Å²) in [5.74, 6) is 1.03. The summed E-state index contributed by atoms with van der Waals surface area (Å²) in [6.07, 6.45) is 11.2. The summed E-state index contributed by atoms with van der Waals surface area (Å²) in [6.45, 7) is 7.26. The van der Waals surface area contributed by atoms with Crippen molar-refractivity contribution in [2.75, 3.05) is 31.7 Å². The van der Waals surface area contributed by atoms with E-state index >= 15 is 0 Å². The molecule has 2 aliphatic carbocycles. The molecule has 0 aromatic carbocycles. The van der Waals surface area contributed by atoms with Crippen LogP contribution in [0.25, 0.3) is 0 Å². The van der Waals surface area contributed by atoms with Crippen molar-refractivity contribution >= 4 is 39.3 Å². The number of hydrogen-bond acceptors (Lipinski definition) is 9. The molecule has 1 saturated carbocycles. The smallest absolute Gasteiger partial charge is 0.257 e. The summed E-state index contributed by atoms with van der Waals surface area (Å²) < 4.78 is 34.3. The molecule has 4 heterocycles. The Morgan fingerprint density at radius 1 is 1.16 bits per heavy atom. The summed E-state index contributed by atoms with van der Waals surface area (Å²) in [6, 6.07) is 0.530. The first kappa shape index (κ1) is 33.7. The SMILES string of the molecule is Cc1nc2c(c(=O)n1CCOC1CCC(Cl)CC1C1CC(C)NC3C(C(=O)NS(C)(=O)=O)CSC13)C[C@@H](N1CCCCC1)CC2. The Kier molecular flexibility index (Phi) is 10.6. The van der Waals surface area contributed by atoms with Crippen LogP contribution in [0.4, 0.5) is 0 Å². The van der Waals surface area contributed by atoms with E-state index in [4.69, 9.17) is 21.3 Å². The van der Waals surface area contributed by atoms with Crippen LogP contribution in [-0.4, -0.2) is 95.3 Å². The average Bonchev–Trinajstić information content (AvgIpc) is 3.42. The lowest BCUT2D eigenvalue weighted by molar-refractivity contribution is -0.123. The van der Waals surface area contributed by atoms with Gasteiger partial charge in [0.05, 0.1) is 37.1 Å². The minimum absolute atomic E-state index is 0.0190. The van der Waals surface area contributed by atoms with Gasteiger partial charge in [0.1, 0.15) is 5.82 Å². The lowest BCUT2D eigenvalue weighted by Crippen LogP contribution is -2.58. The highest BCUT2D eigenvalue weighted by molar-refractivity contribution is 8.00. The molecule has 3 aliphatic heterocycles. The van der Waals surface area contributed by atoms with Crippen molar-refractivity contribution in [3.63, 3.8) is 0 Å². The third-order valence-corrected chi connectivity index (χ3v) is 13.5. The number of ether oxygens (including phenoxy) is 1. The van der Waals surface area contributed by atoms with Gasteiger partial charge in [0, 0.05) is 40.1 Å². The number of amides is 1. The lowest BCUT2D eigenvalue weighted by atomic mass is 9.70. The summed E-state index contributed by atoms with van der Waals surface area (Å²) in [5.41, 5.74) is 1.97. The van der Waals surface area contributed by atoms with Crippen LogP contribution in [0.2, 0.25) is 0 Å². The number of rotatable bonds is 8. The van der Waals surface area contributed by atoms with Gasteiger partial charge in [-0.3, -0.25) is 18.9 Å². The normalized spacial score (nSPS) is 35.9. The van der Waals surface area contributed by atoms with Crippen LogP contribution in [0.5, 0.6) is 0 Å². The van der Waals surface area contributed by atoms with E-state index in [1.165, 1.54) is 19.3 Å². The summed E-state index contributed by atoms with van der Waals surface area (Å²) in [4.78, 5) is 34.2. The second-order valence-corrected chi connectivity index (χ2v) is 17.7. The van der Waals surface area contributed by atoms with Crippen molar-refractivity contribution in [1.29, 1.82) is 0 Å². The Labute approximate surface area is 277 Å². The van der Waals surface area contributed by atoms with E-state index in [1.54, 1.807) is 11.8 Å². The maximum Gasteiger partial charge on any atom is 0.257 e. The molecule has 1 amide bonds. The van der Waals surface area contributed by atoms with Crippen LogP contribution in [0, 0.1) is 24.7 Å². The molecule has 10 nitrogen and oxygen atoms in total. The largest absolute Gasteiger partial charge is 0.376 e. The first-order valence-corrected chi connectivity index (χ1v) is 20.3. The molecular formula is C32H50ClN5O5S2. The fourth-order valence-electron chi connectivity index (χ4n) is 8.85. The third-order valence-electron chi connectivity index (χ3n) is 11.0. The Bertz CT molecular complexity index is 1400. The Morgan fingerprint density at radius 3 is 2.69 bits per heavy atom. The number of hydrogen-bond donors (Lipinski definition) is 2. The number of carbonyl (C=O) groups is 1. The van der Waals surface area contributed by atoms with Gasteiger partial charge >= 0.3 is 0 Å². The van der Waals surface area contributed by atoms with Crippen molar-refractivity contribution in [2.45, 2.75) is 119 Å². The number of aryl methyl sites for hydroxylation is 2. The first-order valence-electron chi connectivity index (χ1n) is 17.0. The van der Waals surface area contributed by atoms with Gasteiger partial charge in [0.25, 0.3) is 5.56 Å². The Hall–Kier alpha value is -1.18. The zero-order valence-corrected chi connectivity index (χ0v) is 29.3. The van der Waals surface area contributed by atoms with Gasteiger partial charge < -0.3 is 15.0 Å². The molecule has 45 heavy (non-hydrogen) atoms. The van der Waals surface area contributed by atoms with Gasteiger partial charge in [-0.05, 0) is 96.6 Å². The second kappa shape index (κ2) is 14.1. The molecular weight excluding hydrogens is 634 g/mol. The van der Waals surface area contributed by atoms with Crippen LogP contribution < -0.4 is 15.6 Å². The number of nitrogens with zero attached hydrogens (tertiary/aromatic N) is 3. The molecule has 0 bridgehead atoms. The fourth-order valence-corrected chi connectivity index (χ4v) is 11.5. The quantitative estimate of drug-likeness (QED) is 0.399. The molecule has 1 aromatic rings. The minimum Gasteiger partial charge on any atom is -0.376 e. The van der Waals surface area contributed by atoms with Crippen LogP contribution in [0.15, 0.2) is 4.79 Å². The monoisotopic (exact) mass is 683 g/mol. The third kappa shape index (κ3) is 7.61. The maximum atomic E-state index is 13.8. The molecule has 0 radical (unpaired) electrons. The minimum atomic E-state index is -3.62. The molecule has 6 rings (SSSR count). The van der Waals surface area contributed by atoms with E-state index < -0.39 is 21.8 Å². The van der Waals surface area contributed by atoms with Gasteiger partial charge in [0.2, 0.25) is 15.9 Å². The number of likely N-dealkylation sites (tertiary alicyclic amines) is 1. The summed E-state index contributed by atoms with van der Waals surface area (Å²) in [7, 11) is -3.62. The number of sulfonamides is 1. The predicted molar refractivity (Wildman–Crippen MR) is 178 cm³/mol. The molecule has 9 atom stereocenters. The van der Waals surface area contributed by atoms with Crippen LogP contribution in [0.1, 0.15) is 75.4 Å². The molecule has 13 heteroatoms. The molecule has 4 fully saturated rings. The molecule has 252 valence electrons. The van der Waals surface area contributed by atoms with Gasteiger partial charge in [-0.15, -0.1) is 11.6 Å². The van der Waals surface area contributed by atoms with Crippen molar-refractivity contribution < 1.29 is 17.9 Å². The highest BCUT2D eigenvalue weighted by Gasteiger charge is 2.52. The number of alkyl halides is 1. The molecule has 0 spiro atoms. The predicted octanol–water partition coefficient (Wildman–Crippen LogP) is 2.86. The standard InChI is InChI=1S/C32H50ClN5O5S2/c1-19-15-24(30-29(34-19)26(18-44-30)31(39)36-45(3,41)42)23-16-21(33)7-10-28(23)43-14-13-38-20(2)35-27-9-8-22(17-25(27)32(38)40)37-11-5-4-6-12-37/h19,21-24,26,28-30,34H,4-18H2,1-3H3,(H,36,39)/t19?,21?,22-,23?,24?,26?,28?,29?,30?/m0/s1. The van der Waals surface area contributed by atoms with Crippen molar-refractivity contribution in [2.24, 2.45) is 17.8 Å². The zero-order chi connectivity index (χ0) is 31.9. The first-order chi connectivity index (χ1) is 21.5. The molecule has 1 aromatic heterocycles. The van der Waals surface area contributed by atoms with Gasteiger partial charge in [0.15, 0.2) is 0 Å². The Balaban J connectivity index is 1.13. The summed E-state index contributed by atoms with van der Waals surface area (Å²) in [5, 5.41) is 3.88. The maximum absolute atomic E-state index is 13.8. The Morgan fingerprint density at radius 2 is 1.93 bits per heavy atom. The van der Waals surface area contributed by atoms with E-state index in [9.17, 15) is 18.0 Å². The number of carbonyl (C=O) groups excluding carboxylic acids is 1. The van der Waals surface area contributed by atoms with E-state index in [2.05, 4.69) is 21.9 Å². The van der Waals surface area contributed by atoms with E-state index in [1.807, 2.05) is 11.5 Å². The molecule has 2 N–H and O–H groups in total. The molecule has 5 aliphatic rings. The number of halogens is 1. The summed E-state index contributed by atoms with van der Waals surface area (Å²) >= 11 is 8.54. The fraction of sp³-hybridized carbons (Fsp3) is 0.844. The number of fused-ring (bicyclic) bond motifs is 2. The van der Waals surface area contributed by atoms with E-state index in [-0.39, 0.29) is 40.3 Å². The average molecular weight is 684 g/mol. The van der Waals surface area contributed by atoms with Gasteiger partial charge in [-0.1, -0.05) is 6.42 Å². The van der Waals surface area contributed by atoms with Crippen molar-refractivity contribution in [3.8, 4) is 0 Å². The van der Waals surface area contributed by atoms with Crippen LogP contribution in [-0.2, 0) is 38.9 Å². The highest BCUT2D eigenvalue weighted by Crippen LogP contribution is 2.48. The van der Waals surface area contributed by atoms with Gasteiger partial charge in [-0.25, -0.2) is 13.4 Å². The number of nitrogens with one attached hydrogen (secondary N) is 2. The molecule has 3 saturated heterocycles. The molecule has 8 unspecified atom stereocenters. The number of thioether (sulfide) groups is 1. The van der Waals surface area contributed by atoms with Crippen LogP contribution in [0.3, 0.4) is 0 Å². The van der Waals surface area contributed by atoms with Crippen LogP contribution >= 0.6 is 23.4 Å². The van der Waals surface area contributed by atoms with Crippen molar-refractivity contribution in [3.05, 3.63) is 27.4 Å². The number of aromatic nitrogens is 2. The zero-order valence-electron chi connectivity index (χ0n) is 26.9.